The number of nitrogens with one attached hydrogen (secondary N) is 1. The molecule has 0 radical (unpaired) electrons. The fourth-order valence-electron chi connectivity index (χ4n) is 2.86. The zero-order valence-electron chi connectivity index (χ0n) is 14.3. The van der Waals surface area contributed by atoms with E-state index in [9.17, 15) is 9.59 Å². The number of carbonyl (C=O) groups excluding carboxylic acids is 2. The van der Waals surface area contributed by atoms with Gasteiger partial charge in [-0.3, -0.25) is 9.59 Å². The van der Waals surface area contributed by atoms with E-state index in [-0.39, 0.29) is 18.4 Å². The van der Waals surface area contributed by atoms with Gasteiger partial charge in [0.25, 0.3) is 0 Å². The molecule has 4 nitrogen and oxygen atoms in total. The van der Waals surface area contributed by atoms with Crippen molar-refractivity contribution in [3.63, 3.8) is 0 Å². The molecule has 0 aliphatic carbocycles. The van der Waals surface area contributed by atoms with Crippen molar-refractivity contribution in [3.05, 3.63) is 58.1 Å². The van der Waals surface area contributed by atoms with E-state index in [4.69, 9.17) is 11.6 Å². The molecule has 0 aliphatic rings. The summed E-state index contributed by atoms with van der Waals surface area (Å²) in [5.41, 5.74) is 4.46. The third-order valence-electron chi connectivity index (χ3n) is 3.70. The van der Waals surface area contributed by atoms with Gasteiger partial charge in [0, 0.05) is 17.6 Å². The molecule has 0 atom stereocenters. The maximum absolute atomic E-state index is 12.4. The summed E-state index contributed by atoms with van der Waals surface area (Å²) in [6.07, 6.45) is 0. The Morgan fingerprint density at radius 1 is 1.08 bits per heavy atom. The molecule has 2 rings (SSSR count). The number of hydrogen-bond acceptors (Lipinski definition) is 2. The molecule has 0 unspecified atom stereocenters. The number of aryl methyl sites for hydroxylation is 3. The van der Waals surface area contributed by atoms with Gasteiger partial charge in [0.05, 0.1) is 5.69 Å². The minimum Gasteiger partial charge on any atom is -0.324 e. The summed E-state index contributed by atoms with van der Waals surface area (Å²) >= 11 is 5.92. The average molecular weight is 345 g/mol. The van der Waals surface area contributed by atoms with Crippen LogP contribution in [0.3, 0.4) is 0 Å². The smallest absolute Gasteiger partial charge is 0.244 e. The second-order valence-electron chi connectivity index (χ2n) is 5.91. The number of hydrogen-bond donors (Lipinski definition) is 1. The van der Waals surface area contributed by atoms with Crippen molar-refractivity contribution < 1.29 is 9.59 Å². The third kappa shape index (κ3) is 4.36. The zero-order valence-corrected chi connectivity index (χ0v) is 15.1. The third-order valence-corrected chi connectivity index (χ3v) is 3.93. The van der Waals surface area contributed by atoms with Gasteiger partial charge in [-0.15, -0.1) is 0 Å². The average Bonchev–Trinajstić information content (AvgIpc) is 2.44. The van der Waals surface area contributed by atoms with E-state index < -0.39 is 0 Å². The van der Waals surface area contributed by atoms with Crippen molar-refractivity contribution in [1.29, 1.82) is 0 Å². The Hall–Kier alpha value is -2.33. The predicted molar refractivity (Wildman–Crippen MR) is 98.8 cm³/mol. The fraction of sp³-hybridized carbons (Fsp3) is 0.263. The first kappa shape index (κ1) is 18.0. The van der Waals surface area contributed by atoms with Crippen LogP contribution in [0.25, 0.3) is 0 Å². The quantitative estimate of drug-likeness (QED) is 0.901. The van der Waals surface area contributed by atoms with Crippen LogP contribution >= 0.6 is 11.6 Å². The minimum atomic E-state index is -0.271. The van der Waals surface area contributed by atoms with Crippen molar-refractivity contribution in [2.45, 2.75) is 27.7 Å². The molecule has 2 aromatic rings. The van der Waals surface area contributed by atoms with Crippen molar-refractivity contribution >= 4 is 34.8 Å². The number of halogens is 1. The van der Waals surface area contributed by atoms with E-state index in [0.29, 0.717) is 10.7 Å². The van der Waals surface area contributed by atoms with Gasteiger partial charge >= 0.3 is 0 Å². The second kappa shape index (κ2) is 7.49. The van der Waals surface area contributed by atoms with Crippen LogP contribution in [0, 0.1) is 20.8 Å². The van der Waals surface area contributed by atoms with Gasteiger partial charge in [-0.25, -0.2) is 0 Å². The van der Waals surface area contributed by atoms with Gasteiger partial charge in [0.2, 0.25) is 11.8 Å². The van der Waals surface area contributed by atoms with Crippen LogP contribution in [0.4, 0.5) is 11.4 Å². The molecule has 0 saturated carbocycles. The van der Waals surface area contributed by atoms with E-state index in [1.54, 1.807) is 24.3 Å². The Morgan fingerprint density at radius 2 is 1.71 bits per heavy atom. The Bertz CT molecular complexity index is 764. The maximum Gasteiger partial charge on any atom is 0.244 e. The molecule has 0 spiro atoms. The first-order valence-corrected chi connectivity index (χ1v) is 8.07. The lowest BCUT2D eigenvalue weighted by molar-refractivity contribution is -0.120. The summed E-state index contributed by atoms with van der Waals surface area (Å²) in [7, 11) is 0. The van der Waals surface area contributed by atoms with Crippen LogP contribution in [0.1, 0.15) is 23.6 Å². The molecule has 1 N–H and O–H groups in total. The molecule has 0 saturated heterocycles. The molecule has 0 aromatic heterocycles. The monoisotopic (exact) mass is 344 g/mol. The summed E-state index contributed by atoms with van der Waals surface area (Å²) in [6, 6.07) is 10.9. The van der Waals surface area contributed by atoms with Gasteiger partial charge in [-0.2, -0.15) is 0 Å². The standard InChI is InChI=1S/C19H21ClN2O2/c1-12-8-13(2)19(14(3)9-12)22(15(4)23)11-18(24)21-17-7-5-6-16(20)10-17/h5-10H,11H2,1-4H3,(H,21,24). The van der Waals surface area contributed by atoms with E-state index in [2.05, 4.69) is 5.32 Å². The van der Waals surface area contributed by atoms with Gasteiger partial charge in [-0.05, 0) is 50.1 Å². The van der Waals surface area contributed by atoms with E-state index in [1.165, 1.54) is 11.8 Å². The van der Waals surface area contributed by atoms with E-state index >= 15 is 0 Å². The lowest BCUT2D eigenvalue weighted by atomic mass is 10.0. The number of rotatable bonds is 4. The van der Waals surface area contributed by atoms with Crippen LogP contribution in [0.2, 0.25) is 5.02 Å². The summed E-state index contributed by atoms with van der Waals surface area (Å²) < 4.78 is 0. The molecule has 0 heterocycles. The van der Waals surface area contributed by atoms with Crippen LogP contribution in [-0.4, -0.2) is 18.4 Å². The largest absolute Gasteiger partial charge is 0.324 e. The highest BCUT2D eigenvalue weighted by Gasteiger charge is 2.20. The fourth-order valence-corrected chi connectivity index (χ4v) is 3.05. The van der Waals surface area contributed by atoms with Crippen LogP contribution in [-0.2, 0) is 9.59 Å². The minimum absolute atomic E-state index is 0.0490. The number of benzene rings is 2. The van der Waals surface area contributed by atoms with Crippen LogP contribution in [0.15, 0.2) is 36.4 Å². The Labute approximate surface area is 147 Å². The molecule has 0 bridgehead atoms. The van der Waals surface area contributed by atoms with E-state index in [0.717, 1.165) is 22.4 Å². The number of anilines is 2. The van der Waals surface area contributed by atoms with Crippen molar-refractivity contribution in [2.24, 2.45) is 0 Å². The molecular formula is C19H21ClN2O2. The molecule has 126 valence electrons. The Balaban J connectivity index is 2.23. The summed E-state index contributed by atoms with van der Waals surface area (Å²) in [4.78, 5) is 26.0. The number of amides is 2. The summed E-state index contributed by atoms with van der Waals surface area (Å²) in [5.74, 6) is -0.446. The predicted octanol–water partition coefficient (Wildman–Crippen LogP) is 4.26. The molecule has 5 heteroatoms. The SMILES string of the molecule is CC(=O)N(CC(=O)Nc1cccc(Cl)c1)c1c(C)cc(C)cc1C. The van der Waals surface area contributed by atoms with Crippen molar-refractivity contribution in [1.82, 2.24) is 0 Å². The lowest BCUT2D eigenvalue weighted by Crippen LogP contribution is -2.37. The molecule has 0 fully saturated rings. The second-order valence-corrected chi connectivity index (χ2v) is 6.35. The Morgan fingerprint density at radius 3 is 2.25 bits per heavy atom. The number of carbonyl (C=O) groups is 2. The molecule has 2 amide bonds. The van der Waals surface area contributed by atoms with Crippen molar-refractivity contribution in [3.8, 4) is 0 Å². The zero-order chi connectivity index (χ0) is 17.9. The van der Waals surface area contributed by atoms with Crippen LogP contribution in [0.5, 0.6) is 0 Å². The molecule has 2 aromatic carbocycles. The number of nitrogens with zero attached hydrogens (tertiary/aromatic N) is 1. The maximum atomic E-state index is 12.4. The van der Waals surface area contributed by atoms with Crippen molar-refractivity contribution in [2.75, 3.05) is 16.8 Å². The topological polar surface area (TPSA) is 49.4 Å². The van der Waals surface area contributed by atoms with Gasteiger partial charge in [-0.1, -0.05) is 35.4 Å². The molecule has 0 aliphatic heterocycles. The van der Waals surface area contributed by atoms with Gasteiger partial charge in [0.15, 0.2) is 0 Å². The summed E-state index contributed by atoms with van der Waals surface area (Å²) in [5, 5.41) is 3.31. The molecule has 24 heavy (non-hydrogen) atoms. The Kier molecular flexibility index (Phi) is 5.62. The summed E-state index contributed by atoms with van der Waals surface area (Å²) in [6.45, 7) is 7.31. The highest BCUT2D eigenvalue weighted by Crippen LogP contribution is 2.26. The van der Waals surface area contributed by atoms with E-state index in [1.807, 2.05) is 32.9 Å². The highest BCUT2D eigenvalue weighted by atomic mass is 35.5. The highest BCUT2D eigenvalue weighted by molar-refractivity contribution is 6.30. The first-order valence-electron chi connectivity index (χ1n) is 7.69. The van der Waals surface area contributed by atoms with Crippen LogP contribution < -0.4 is 10.2 Å². The lowest BCUT2D eigenvalue weighted by Gasteiger charge is -2.25. The molecular weight excluding hydrogens is 324 g/mol. The van der Waals surface area contributed by atoms with Gasteiger partial charge < -0.3 is 10.2 Å². The van der Waals surface area contributed by atoms with Gasteiger partial charge in [0.1, 0.15) is 6.54 Å². The first-order chi connectivity index (χ1) is 11.3. The normalized spacial score (nSPS) is 10.4.